The number of para-hydroxylation sites is 1. The van der Waals surface area contributed by atoms with E-state index in [1.165, 1.54) is 7.11 Å². The van der Waals surface area contributed by atoms with Crippen LogP contribution in [0, 0.1) is 0 Å². The SMILES string of the molecule is COc1ccc(OC)c(NC(=O)NC(C(=O)N2CCc3ccccc32)c2ccccc2)c1. The van der Waals surface area contributed by atoms with Crippen LogP contribution < -0.4 is 25.0 Å². The van der Waals surface area contributed by atoms with Crippen LogP contribution in [0.4, 0.5) is 16.2 Å². The van der Waals surface area contributed by atoms with Crippen LogP contribution in [0.25, 0.3) is 0 Å². The largest absolute Gasteiger partial charge is 0.497 e. The molecule has 1 aliphatic rings. The molecule has 0 saturated carbocycles. The molecule has 32 heavy (non-hydrogen) atoms. The first kappa shape index (κ1) is 21.2. The normalized spacial score (nSPS) is 13.1. The number of hydrogen-bond donors (Lipinski definition) is 2. The summed E-state index contributed by atoms with van der Waals surface area (Å²) in [4.78, 5) is 28.2. The molecule has 3 aromatic rings. The Bertz CT molecular complexity index is 1120. The van der Waals surface area contributed by atoms with Crippen LogP contribution in [-0.4, -0.2) is 32.7 Å². The van der Waals surface area contributed by atoms with Crippen molar-refractivity contribution in [3.05, 3.63) is 83.9 Å². The number of hydrogen-bond acceptors (Lipinski definition) is 4. The van der Waals surface area contributed by atoms with Gasteiger partial charge in [0, 0.05) is 18.3 Å². The quantitative estimate of drug-likeness (QED) is 0.614. The van der Waals surface area contributed by atoms with E-state index in [0.717, 1.165) is 17.7 Å². The van der Waals surface area contributed by atoms with E-state index in [9.17, 15) is 9.59 Å². The number of anilines is 2. The van der Waals surface area contributed by atoms with Gasteiger partial charge < -0.3 is 25.0 Å². The van der Waals surface area contributed by atoms with Crippen molar-refractivity contribution in [1.29, 1.82) is 0 Å². The van der Waals surface area contributed by atoms with Gasteiger partial charge in [0.15, 0.2) is 0 Å². The molecule has 0 spiro atoms. The molecule has 0 aliphatic carbocycles. The molecule has 0 radical (unpaired) electrons. The average molecular weight is 431 g/mol. The lowest BCUT2D eigenvalue weighted by Crippen LogP contribution is -2.43. The highest BCUT2D eigenvalue weighted by atomic mass is 16.5. The van der Waals surface area contributed by atoms with Gasteiger partial charge in [0.2, 0.25) is 0 Å². The van der Waals surface area contributed by atoms with E-state index < -0.39 is 12.1 Å². The summed E-state index contributed by atoms with van der Waals surface area (Å²) >= 11 is 0. The molecule has 3 amide bonds. The van der Waals surface area contributed by atoms with Gasteiger partial charge in [-0.25, -0.2) is 4.79 Å². The van der Waals surface area contributed by atoms with Gasteiger partial charge in [0.1, 0.15) is 17.5 Å². The molecule has 0 saturated heterocycles. The number of nitrogens with zero attached hydrogens (tertiary/aromatic N) is 1. The minimum atomic E-state index is -0.848. The van der Waals surface area contributed by atoms with Crippen molar-refractivity contribution < 1.29 is 19.1 Å². The molecule has 1 aliphatic heterocycles. The maximum absolute atomic E-state index is 13.6. The molecule has 4 rings (SSSR count). The molecule has 1 heterocycles. The lowest BCUT2D eigenvalue weighted by atomic mass is 10.1. The van der Waals surface area contributed by atoms with E-state index in [2.05, 4.69) is 10.6 Å². The van der Waals surface area contributed by atoms with Gasteiger partial charge in [-0.3, -0.25) is 4.79 Å². The van der Waals surface area contributed by atoms with Gasteiger partial charge in [-0.2, -0.15) is 0 Å². The summed E-state index contributed by atoms with van der Waals surface area (Å²) < 4.78 is 10.6. The van der Waals surface area contributed by atoms with Gasteiger partial charge in [-0.15, -0.1) is 0 Å². The Morgan fingerprint density at radius 1 is 0.938 bits per heavy atom. The topological polar surface area (TPSA) is 79.9 Å². The number of ether oxygens (including phenoxy) is 2. The van der Waals surface area contributed by atoms with Crippen molar-refractivity contribution in [1.82, 2.24) is 5.32 Å². The zero-order valence-corrected chi connectivity index (χ0v) is 18.0. The Labute approximate surface area is 187 Å². The van der Waals surface area contributed by atoms with E-state index in [1.54, 1.807) is 30.2 Å². The van der Waals surface area contributed by atoms with Gasteiger partial charge in [-0.1, -0.05) is 48.5 Å². The third-order valence-electron chi connectivity index (χ3n) is 5.46. The standard InChI is InChI=1S/C25H25N3O4/c1-31-19-12-13-22(32-2)20(16-19)26-25(30)27-23(18-9-4-3-5-10-18)24(29)28-15-14-17-8-6-7-11-21(17)28/h3-13,16,23H,14-15H2,1-2H3,(H2,26,27,30). The van der Waals surface area contributed by atoms with Gasteiger partial charge >= 0.3 is 6.03 Å². The minimum absolute atomic E-state index is 0.186. The second kappa shape index (κ2) is 9.43. The molecule has 0 bridgehead atoms. The fourth-order valence-corrected chi connectivity index (χ4v) is 3.86. The van der Waals surface area contributed by atoms with Crippen molar-refractivity contribution in [3.63, 3.8) is 0 Å². The van der Waals surface area contributed by atoms with Crippen LogP contribution in [0.5, 0.6) is 11.5 Å². The average Bonchev–Trinajstić information content (AvgIpc) is 3.27. The molecule has 1 unspecified atom stereocenters. The summed E-state index contributed by atoms with van der Waals surface area (Å²) in [6.45, 7) is 0.578. The van der Waals surface area contributed by atoms with E-state index in [0.29, 0.717) is 29.3 Å². The zero-order chi connectivity index (χ0) is 22.5. The summed E-state index contributed by atoms with van der Waals surface area (Å²) in [7, 11) is 3.07. The Morgan fingerprint density at radius 2 is 1.69 bits per heavy atom. The molecule has 7 heteroatoms. The van der Waals surface area contributed by atoms with Gasteiger partial charge in [0.25, 0.3) is 5.91 Å². The van der Waals surface area contributed by atoms with E-state index in [4.69, 9.17) is 9.47 Å². The Balaban J connectivity index is 1.59. The minimum Gasteiger partial charge on any atom is -0.497 e. The predicted octanol–water partition coefficient (Wildman–Crippen LogP) is 4.16. The second-order valence-corrected chi connectivity index (χ2v) is 7.38. The summed E-state index contributed by atoms with van der Waals surface area (Å²) in [5.74, 6) is 0.872. The highest BCUT2D eigenvalue weighted by molar-refractivity contribution is 6.02. The summed E-state index contributed by atoms with van der Waals surface area (Å²) in [6, 6.07) is 20.8. The maximum Gasteiger partial charge on any atom is 0.320 e. The first-order valence-corrected chi connectivity index (χ1v) is 10.3. The maximum atomic E-state index is 13.6. The Kier molecular flexibility index (Phi) is 6.26. The van der Waals surface area contributed by atoms with Crippen LogP contribution in [0.2, 0.25) is 0 Å². The van der Waals surface area contributed by atoms with Gasteiger partial charge in [-0.05, 0) is 35.7 Å². The number of rotatable bonds is 6. The fraction of sp³-hybridized carbons (Fsp3) is 0.200. The number of benzene rings is 3. The third kappa shape index (κ3) is 4.37. The molecule has 164 valence electrons. The number of carbonyl (C=O) groups is 2. The summed E-state index contributed by atoms with van der Waals surface area (Å²) in [5.41, 5.74) is 3.15. The van der Waals surface area contributed by atoms with Crippen LogP contribution in [0.15, 0.2) is 72.8 Å². The predicted molar refractivity (Wildman–Crippen MR) is 123 cm³/mol. The number of nitrogens with one attached hydrogen (secondary N) is 2. The Hall–Kier alpha value is -4.00. The zero-order valence-electron chi connectivity index (χ0n) is 18.0. The lowest BCUT2D eigenvalue weighted by molar-refractivity contribution is -0.120. The van der Waals surface area contributed by atoms with Crippen molar-refractivity contribution in [2.45, 2.75) is 12.5 Å². The Morgan fingerprint density at radius 3 is 2.44 bits per heavy atom. The van der Waals surface area contributed by atoms with Crippen LogP contribution in [0.1, 0.15) is 17.2 Å². The third-order valence-corrected chi connectivity index (χ3v) is 5.46. The van der Waals surface area contributed by atoms with Crippen molar-refractivity contribution >= 4 is 23.3 Å². The summed E-state index contributed by atoms with van der Waals surface area (Å²) in [5, 5.41) is 5.62. The number of carbonyl (C=O) groups excluding carboxylic acids is 2. The van der Waals surface area contributed by atoms with Crippen molar-refractivity contribution in [3.8, 4) is 11.5 Å². The first-order valence-electron chi connectivity index (χ1n) is 10.3. The number of amides is 3. The van der Waals surface area contributed by atoms with E-state index in [-0.39, 0.29) is 5.91 Å². The molecule has 2 N–H and O–H groups in total. The van der Waals surface area contributed by atoms with Gasteiger partial charge in [0.05, 0.1) is 19.9 Å². The van der Waals surface area contributed by atoms with Crippen molar-refractivity contribution in [2.24, 2.45) is 0 Å². The molecule has 0 fully saturated rings. The van der Waals surface area contributed by atoms with Crippen LogP contribution >= 0.6 is 0 Å². The summed E-state index contributed by atoms with van der Waals surface area (Å²) in [6.07, 6.45) is 0.788. The van der Waals surface area contributed by atoms with E-state index >= 15 is 0 Å². The van der Waals surface area contributed by atoms with Crippen LogP contribution in [-0.2, 0) is 11.2 Å². The molecule has 7 nitrogen and oxygen atoms in total. The lowest BCUT2D eigenvalue weighted by Gasteiger charge is -2.25. The molecular formula is C25H25N3O4. The highest BCUT2D eigenvalue weighted by Gasteiger charge is 2.32. The van der Waals surface area contributed by atoms with Crippen LogP contribution in [0.3, 0.4) is 0 Å². The number of fused-ring (bicyclic) bond motifs is 1. The monoisotopic (exact) mass is 431 g/mol. The van der Waals surface area contributed by atoms with Crippen molar-refractivity contribution in [2.75, 3.05) is 31.0 Å². The first-order chi connectivity index (χ1) is 15.6. The number of methoxy groups -OCH3 is 2. The van der Waals surface area contributed by atoms with E-state index in [1.807, 2.05) is 54.6 Å². The number of urea groups is 1. The molecule has 1 atom stereocenters. The second-order valence-electron chi connectivity index (χ2n) is 7.38. The highest BCUT2D eigenvalue weighted by Crippen LogP contribution is 2.31. The molecular weight excluding hydrogens is 406 g/mol. The smallest absolute Gasteiger partial charge is 0.320 e. The molecule has 0 aromatic heterocycles. The fourth-order valence-electron chi connectivity index (χ4n) is 3.86. The molecule has 3 aromatic carbocycles.